The third kappa shape index (κ3) is 2.79. The Hall–Kier alpha value is -3.25. The molecule has 0 amide bonds. The normalized spacial score (nSPS) is 12.8. The fourth-order valence-electron chi connectivity index (χ4n) is 3.90. The molecule has 7 heteroatoms. The van der Waals surface area contributed by atoms with Crippen molar-refractivity contribution in [3.8, 4) is 16.9 Å². The predicted octanol–water partition coefficient (Wildman–Crippen LogP) is 6.00. The van der Waals surface area contributed by atoms with E-state index in [1.54, 1.807) is 30.5 Å². The molecule has 4 aromatic rings. The van der Waals surface area contributed by atoms with E-state index in [4.69, 9.17) is 16.3 Å². The van der Waals surface area contributed by atoms with Crippen LogP contribution in [0.2, 0.25) is 5.02 Å². The van der Waals surface area contributed by atoms with Gasteiger partial charge < -0.3 is 9.30 Å². The lowest BCUT2D eigenvalue weighted by Gasteiger charge is -2.19. The smallest absolute Gasteiger partial charge is 0.195 e. The highest BCUT2D eigenvalue weighted by Crippen LogP contribution is 2.42. The molecule has 1 aliphatic heterocycles. The van der Waals surface area contributed by atoms with Crippen molar-refractivity contribution >= 4 is 28.3 Å². The van der Waals surface area contributed by atoms with Gasteiger partial charge in [-0.3, -0.25) is 4.79 Å². The largest absolute Gasteiger partial charge is 0.491 e. The molecule has 3 aromatic carbocycles. The van der Waals surface area contributed by atoms with Crippen molar-refractivity contribution in [1.29, 1.82) is 0 Å². The van der Waals surface area contributed by atoms with E-state index in [-0.39, 0.29) is 11.1 Å². The number of aromatic nitrogens is 1. The lowest BCUT2D eigenvalue weighted by atomic mass is 9.98. The van der Waals surface area contributed by atoms with Gasteiger partial charge in [-0.1, -0.05) is 35.9 Å². The number of fused-ring (bicyclic) bond motifs is 2. The first-order valence-corrected chi connectivity index (χ1v) is 9.56. The summed E-state index contributed by atoms with van der Waals surface area (Å²) in [5.74, 6) is -4.39. The zero-order chi connectivity index (χ0) is 21.0. The summed E-state index contributed by atoms with van der Waals surface area (Å²) in [5.41, 5.74) is 2.25. The van der Waals surface area contributed by atoms with Crippen LogP contribution in [0.5, 0.6) is 5.75 Å². The molecule has 0 fully saturated rings. The fraction of sp³-hybridized carbons (Fsp3) is 0.0870. The number of hydrogen-bond acceptors (Lipinski definition) is 2. The summed E-state index contributed by atoms with van der Waals surface area (Å²) in [6, 6.07) is 12.2. The van der Waals surface area contributed by atoms with E-state index in [1.807, 2.05) is 16.7 Å². The molecule has 0 saturated carbocycles. The second kappa shape index (κ2) is 6.92. The quantitative estimate of drug-likeness (QED) is 0.290. The van der Waals surface area contributed by atoms with Crippen LogP contribution in [-0.4, -0.2) is 17.0 Å². The van der Waals surface area contributed by atoms with Gasteiger partial charge in [0.15, 0.2) is 23.2 Å². The van der Waals surface area contributed by atoms with Crippen molar-refractivity contribution < 1.29 is 22.7 Å². The van der Waals surface area contributed by atoms with Gasteiger partial charge in [0.25, 0.3) is 0 Å². The highest BCUT2D eigenvalue weighted by molar-refractivity contribution is 6.34. The number of ether oxygens (including phenoxy) is 1. The van der Waals surface area contributed by atoms with E-state index < -0.39 is 23.2 Å². The van der Waals surface area contributed by atoms with Gasteiger partial charge in [-0.2, -0.15) is 0 Å². The second-order valence-electron chi connectivity index (χ2n) is 6.98. The minimum absolute atomic E-state index is 0.257. The van der Waals surface area contributed by atoms with Crippen LogP contribution >= 0.6 is 11.6 Å². The summed E-state index contributed by atoms with van der Waals surface area (Å²) < 4.78 is 48.4. The van der Waals surface area contributed by atoms with Crippen molar-refractivity contribution in [3.05, 3.63) is 88.3 Å². The van der Waals surface area contributed by atoms with E-state index in [0.717, 1.165) is 11.1 Å². The second-order valence-corrected chi connectivity index (χ2v) is 7.39. The molecule has 0 N–H and O–H groups in total. The van der Waals surface area contributed by atoms with Crippen molar-refractivity contribution in [2.24, 2.45) is 0 Å². The Kier molecular flexibility index (Phi) is 4.33. The van der Waals surface area contributed by atoms with Crippen molar-refractivity contribution in [3.63, 3.8) is 0 Å². The van der Waals surface area contributed by atoms with E-state index in [1.165, 1.54) is 0 Å². The molecule has 0 radical (unpaired) electrons. The van der Waals surface area contributed by atoms with Gasteiger partial charge in [0, 0.05) is 33.8 Å². The van der Waals surface area contributed by atoms with Gasteiger partial charge in [0.1, 0.15) is 12.4 Å². The summed E-state index contributed by atoms with van der Waals surface area (Å²) in [5, 5.41) is 1.11. The summed E-state index contributed by atoms with van der Waals surface area (Å²) >= 11 is 6.46. The molecule has 0 spiro atoms. The lowest BCUT2D eigenvalue weighted by molar-refractivity contribution is 0.103. The lowest BCUT2D eigenvalue weighted by Crippen LogP contribution is -2.11. The maximum absolute atomic E-state index is 13.7. The monoisotopic (exact) mass is 427 g/mol. The van der Waals surface area contributed by atoms with Crippen LogP contribution in [0, 0.1) is 17.5 Å². The zero-order valence-corrected chi connectivity index (χ0v) is 16.1. The summed E-state index contributed by atoms with van der Waals surface area (Å²) in [6.07, 6.45) is 1.63. The van der Waals surface area contributed by atoms with Crippen molar-refractivity contribution in [2.45, 2.75) is 6.54 Å². The van der Waals surface area contributed by atoms with Gasteiger partial charge in [-0.25, -0.2) is 13.2 Å². The number of carbonyl (C=O) groups excluding carboxylic acids is 1. The first-order chi connectivity index (χ1) is 14.5. The SMILES string of the molecule is O=C(c1cc(F)c(F)c(F)c1)c1cn2c3c(cccc13)-c1c(Cl)cccc1OCC2. The van der Waals surface area contributed by atoms with Crippen LogP contribution < -0.4 is 4.74 Å². The number of halogens is 4. The molecule has 2 heterocycles. The number of nitrogens with zero attached hydrogens (tertiary/aromatic N) is 1. The maximum atomic E-state index is 13.7. The van der Waals surface area contributed by atoms with Crippen LogP contribution in [0.3, 0.4) is 0 Å². The average molecular weight is 428 g/mol. The number of hydrogen-bond donors (Lipinski definition) is 0. The fourth-order valence-corrected chi connectivity index (χ4v) is 4.17. The summed E-state index contributed by atoms with van der Waals surface area (Å²) in [4.78, 5) is 13.1. The predicted molar refractivity (Wildman–Crippen MR) is 108 cm³/mol. The maximum Gasteiger partial charge on any atom is 0.195 e. The molecule has 0 bridgehead atoms. The number of rotatable bonds is 2. The van der Waals surface area contributed by atoms with Gasteiger partial charge in [-0.05, 0) is 24.3 Å². The number of para-hydroxylation sites is 1. The highest BCUT2D eigenvalue weighted by Gasteiger charge is 2.24. The average Bonchev–Trinajstić information content (AvgIpc) is 3.09. The molecule has 0 atom stereocenters. The van der Waals surface area contributed by atoms with Crippen LogP contribution in [0.1, 0.15) is 15.9 Å². The van der Waals surface area contributed by atoms with Gasteiger partial charge in [-0.15, -0.1) is 0 Å². The molecule has 1 aliphatic rings. The topological polar surface area (TPSA) is 31.2 Å². The minimum Gasteiger partial charge on any atom is -0.491 e. The Balaban J connectivity index is 1.76. The van der Waals surface area contributed by atoms with Crippen LogP contribution in [0.15, 0.2) is 54.7 Å². The molecule has 5 rings (SSSR count). The van der Waals surface area contributed by atoms with Gasteiger partial charge in [0.05, 0.1) is 17.1 Å². The van der Waals surface area contributed by atoms with E-state index in [9.17, 15) is 18.0 Å². The Morgan fingerprint density at radius 2 is 1.77 bits per heavy atom. The molecular formula is C23H13ClF3NO2. The Labute approximate surface area is 174 Å². The minimum atomic E-state index is -1.61. The third-order valence-electron chi connectivity index (χ3n) is 5.22. The molecule has 3 nitrogen and oxygen atoms in total. The van der Waals surface area contributed by atoms with E-state index >= 15 is 0 Å². The Morgan fingerprint density at radius 3 is 2.53 bits per heavy atom. The van der Waals surface area contributed by atoms with E-state index in [0.29, 0.717) is 47.0 Å². The molecular weight excluding hydrogens is 415 g/mol. The standard InChI is InChI=1S/C23H13ClF3NO2/c24-16-5-2-6-19-20(16)14-4-1-3-13-15(11-28(22(13)14)7-8-30-19)23(29)12-9-17(25)21(27)18(26)10-12/h1-6,9-11H,7-8H2. The number of benzene rings is 3. The first kappa shape index (κ1) is 18.8. The Morgan fingerprint density at radius 1 is 1.03 bits per heavy atom. The molecule has 30 heavy (non-hydrogen) atoms. The first-order valence-electron chi connectivity index (χ1n) is 9.18. The van der Waals surface area contributed by atoms with Crippen LogP contribution in [0.25, 0.3) is 22.0 Å². The van der Waals surface area contributed by atoms with Crippen molar-refractivity contribution in [2.75, 3.05) is 6.61 Å². The van der Waals surface area contributed by atoms with Gasteiger partial charge >= 0.3 is 0 Å². The molecule has 0 saturated heterocycles. The van der Waals surface area contributed by atoms with E-state index in [2.05, 4.69) is 0 Å². The summed E-state index contributed by atoms with van der Waals surface area (Å²) in [7, 11) is 0. The number of ketones is 1. The number of carbonyl (C=O) groups is 1. The highest BCUT2D eigenvalue weighted by atomic mass is 35.5. The molecule has 150 valence electrons. The third-order valence-corrected chi connectivity index (χ3v) is 5.54. The van der Waals surface area contributed by atoms with Gasteiger partial charge in [0.2, 0.25) is 0 Å². The van der Waals surface area contributed by atoms with Crippen LogP contribution in [0.4, 0.5) is 13.2 Å². The van der Waals surface area contributed by atoms with Crippen LogP contribution in [-0.2, 0) is 6.54 Å². The summed E-state index contributed by atoms with van der Waals surface area (Å²) in [6.45, 7) is 0.803. The molecule has 0 unspecified atom stereocenters. The Bertz CT molecular complexity index is 1320. The zero-order valence-electron chi connectivity index (χ0n) is 15.4. The molecule has 0 aliphatic carbocycles. The van der Waals surface area contributed by atoms with Crippen molar-refractivity contribution in [1.82, 2.24) is 4.57 Å². The molecule has 1 aromatic heterocycles.